The van der Waals surface area contributed by atoms with Gasteiger partial charge in [-0.15, -0.1) is 11.8 Å². The number of rotatable bonds is 21. The lowest BCUT2D eigenvalue weighted by Gasteiger charge is -2.44. The Hall–Kier alpha value is -2.30. The van der Waals surface area contributed by atoms with Crippen molar-refractivity contribution >= 4 is 29.6 Å². The minimum atomic E-state index is -0.565. The zero-order valence-corrected chi connectivity index (χ0v) is 35.5. The molecule has 8 atom stereocenters. The molecule has 55 heavy (non-hydrogen) atoms. The van der Waals surface area contributed by atoms with Crippen LogP contribution in [0.4, 0.5) is 4.79 Å². The van der Waals surface area contributed by atoms with Crippen molar-refractivity contribution in [3.05, 3.63) is 35.5 Å². The van der Waals surface area contributed by atoms with Crippen molar-refractivity contribution in [2.75, 3.05) is 19.7 Å². The maximum Gasteiger partial charge on any atom is 0.316 e. The van der Waals surface area contributed by atoms with Gasteiger partial charge in [0.05, 0.1) is 23.1 Å². The number of amides is 4. The number of urea groups is 1. The Balaban J connectivity index is 0.898. The van der Waals surface area contributed by atoms with Gasteiger partial charge in [-0.25, -0.2) is 4.79 Å². The van der Waals surface area contributed by atoms with Crippen molar-refractivity contribution < 1.29 is 24.2 Å². The quantitative estimate of drug-likeness (QED) is 0.0743. The van der Waals surface area contributed by atoms with E-state index in [1.165, 1.54) is 49.7 Å². The predicted molar refractivity (Wildman–Crippen MR) is 225 cm³/mol. The summed E-state index contributed by atoms with van der Waals surface area (Å²) < 4.78 is 6.31. The van der Waals surface area contributed by atoms with E-state index in [1.807, 2.05) is 25.6 Å². The van der Waals surface area contributed by atoms with Crippen LogP contribution in [0.1, 0.15) is 156 Å². The minimum absolute atomic E-state index is 0.0685. The van der Waals surface area contributed by atoms with Gasteiger partial charge in [-0.1, -0.05) is 63.0 Å². The molecule has 0 radical (unpaired) electrons. The summed E-state index contributed by atoms with van der Waals surface area (Å²) in [5.74, 6) is 2.34. The molecule has 10 heteroatoms. The summed E-state index contributed by atoms with van der Waals surface area (Å²) in [4.78, 5) is 36.0. The molecule has 0 aromatic rings. The molecule has 3 saturated carbocycles. The number of nitrogens with one attached hydrogen (secondary N) is 4. The van der Waals surface area contributed by atoms with Gasteiger partial charge in [0, 0.05) is 37.8 Å². The Bertz CT molecular complexity index is 1360. The molecule has 0 aromatic carbocycles. The predicted octanol–water partition coefficient (Wildman–Crippen LogP) is 8.62. The number of thioether (sulfide) groups is 1. The highest BCUT2D eigenvalue weighted by Crippen LogP contribution is 2.60. The van der Waals surface area contributed by atoms with E-state index < -0.39 is 5.60 Å². The normalized spacial score (nSPS) is 31.2. The van der Waals surface area contributed by atoms with Gasteiger partial charge < -0.3 is 31.1 Å². The molecule has 310 valence electrons. The van der Waals surface area contributed by atoms with Crippen LogP contribution < -0.4 is 21.3 Å². The van der Waals surface area contributed by atoms with E-state index in [-0.39, 0.29) is 35.4 Å². The molecular weight excluding hydrogens is 709 g/mol. The van der Waals surface area contributed by atoms with Crippen molar-refractivity contribution in [1.29, 1.82) is 0 Å². The fourth-order valence-corrected chi connectivity index (χ4v) is 12.0. The highest BCUT2D eigenvalue weighted by molar-refractivity contribution is 8.00. The van der Waals surface area contributed by atoms with Gasteiger partial charge in [-0.3, -0.25) is 9.59 Å². The molecule has 2 aliphatic heterocycles. The lowest BCUT2D eigenvalue weighted by atomic mass is 9.60. The number of aliphatic hydroxyl groups is 1. The summed E-state index contributed by atoms with van der Waals surface area (Å²) in [6.07, 6.45) is 24.9. The maximum absolute atomic E-state index is 12.4. The minimum Gasteiger partial charge on any atom is -0.390 e. The van der Waals surface area contributed by atoms with E-state index in [9.17, 15) is 19.5 Å². The van der Waals surface area contributed by atoms with Crippen LogP contribution in [0.3, 0.4) is 0 Å². The summed E-state index contributed by atoms with van der Waals surface area (Å²) in [5, 5.41) is 22.8. The second-order valence-corrected chi connectivity index (χ2v) is 19.9. The maximum atomic E-state index is 12.4. The summed E-state index contributed by atoms with van der Waals surface area (Å²) in [6.45, 7) is 15.3. The fraction of sp³-hybridized carbons (Fsp3) is 0.800. The van der Waals surface area contributed by atoms with Crippen LogP contribution in [0.15, 0.2) is 35.5 Å². The van der Waals surface area contributed by atoms with E-state index >= 15 is 0 Å². The van der Waals surface area contributed by atoms with E-state index in [4.69, 9.17) is 4.74 Å². The first-order valence-electron chi connectivity index (χ1n) is 22.0. The number of fused-ring (bicyclic) bond motifs is 2. The molecule has 5 rings (SSSR count). The number of unbranched alkanes of at least 4 members (excludes halogenated alkanes) is 2. The number of carbonyl (C=O) groups is 3. The molecule has 0 aromatic heterocycles. The smallest absolute Gasteiger partial charge is 0.316 e. The van der Waals surface area contributed by atoms with E-state index in [0.29, 0.717) is 55.0 Å². The highest BCUT2D eigenvalue weighted by Gasteiger charge is 2.50. The number of allylic oxidation sites excluding steroid dienone is 4. The van der Waals surface area contributed by atoms with Gasteiger partial charge in [-0.2, -0.15) is 0 Å². The van der Waals surface area contributed by atoms with Gasteiger partial charge in [0.2, 0.25) is 11.8 Å². The summed E-state index contributed by atoms with van der Waals surface area (Å²) in [7, 11) is 0. The SMILES string of the molecule is C=C1CC[C@H](OCCCNC(=O)CCCCCNC(=O)CCCC2C[C@H]3NC(=O)N[C@H]3S2)CC1=CC=C1CCC[C@@]2(C)C1CCC2[C@H](C)CCCC(C)(C)O. The Morgan fingerprint density at radius 2 is 1.78 bits per heavy atom. The molecule has 5 N–H and O–H groups in total. The van der Waals surface area contributed by atoms with Crippen LogP contribution in [0.2, 0.25) is 0 Å². The van der Waals surface area contributed by atoms with Crippen LogP contribution in [0, 0.1) is 23.2 Å². The molecule has 4 amide bonds. The Labute approximate surface area is 336 Å². The summed E-state index contributed by atoms with van der Waals surface area (Å²) >= 11 is 1.81. The van der Waals surface area contributed by atoms with Gasteiger partial charge in [-0.05, 0) is 139 Å². The largest absolute Gasteiger partial charge is 0.390 e. The Kier molecular flexibility index (Phi) is 16.7. The molecule has 5 fully saturated rings. The lowest BCUT2D eigenvalue weighted by Crippen LogP contribution is -2.36. The monoisotopic (exact) mass is 783 g/mol. The van der Waals surface area contributed by atoms with Crippen LogP contribution in [0.25, 0.3) is 0 Å². The van der Waals surface area contributed by atoms with Crippen LogP contribution >= 0.6 is 11.8 Å². The van der Waals surface area contributed by atoms with Crippen molar-refractivity contribution in [2.24, 2.45) is 23.2 Å². The van der Waals surface area contributed by atoms with Crippen molar-refractivity contribution in [2.45, 2.75) is 184 Å². The van der Waals surface area contributed by atoms with Crippen LogP contribution in [-0.2, 0) is 14.3 Å². The standard InChI is InChI=1S/C45H74N4O5S/c1-31-18-21-35(29-34(31)20-19-33-14-11-25-45(5)37(22-23-38(33)45)32(2)13-10-24-44(3,4)53)54-28-12-27-47-40(50)16-7-6-8-26-46-41(51)17-9-15-36-30-39-42(55-36)49-43(52)48-39/h19-20,32,35-39,42,53H,1,6-18,21-30H2,2-5H3,(H,46,51)(H,47,50)(H2,48,49,52)/t32-,35+,36?,37?,38?,39-,42+,45-/m1/s1. The van der Waals surface area contributed by atoms with Crippen LogP contribution in [-0.4, -0.2) is 71.0 Å². The van der Waals surface area contributed by atoms with Gasteiger partial charge in [0.1, 0.15) is 0 Å². The third kappa shape index (κ3) is 13.4. The third-order valence-electron chi connectivity index (χ3n) is 13.5. The van der Waals surface area contributed by atoms with Crippen molar-refractivity contribution in [1.82, 2.24) is 21.3 Å². The molecule has 2 heterocycles. The second-order valence-electron chi connectivity index (χ2n) is 18.4. The first-order chi connectivity index (χ1) is 26.3. The third-order valence-corrected chi connectivity index (χ3v) is 15.0. The zero-order chi connectivity index (χ0) is 39.4. The zero-order valence-electron chi connectivity index (χ0n) is 34.7. The number of hydrogen-bond donors (Lipinski definition) is 5. The fourth-order valence-electron chi connectivity index (χ4n) is 10.4. The molecule has 2 saturated heterocycles. The first kappa shape index (κ1) is 43.8. The van der Waals surface area contributed by atoms with Crippen molar-refractivity contribution in [3.63, 3.8) is 0 Å². The average Bonchev–Trinajstić information content (AvgIpc) is 3.79. The van der Waals surface area contributed by atoms with E-state index in [0.717, 1.165) is 83.0 Å². The topological polar surface area (TPSA) is 129 Å². The second kappa shape index (κ2) is 20.9. The summed E-state index contributed by atoms with van der Waals surface area (Å²) in [6, 6.07) is 0.156. The van der Waals surface area contributed by atoms with Crippen molar-refractivity contribution in [3.8, 4) is 0 Å². The molecule has 3 aliphatic carbocycles. The van der Waals surface area contributed by atoms with Gasteiger partial charge >= 0.3 is 6.03 Å². The molecule has 3 unspecified atom stereocenters. The van der Waals surface area contributed by atoms with E-state index in [2.05, 4.69) is 53.8 Å². The lowest BCUT2D eigenvalue weighted by molar-refractivity contribution is -0.122. The molecule has 5 aliphatic rings. The first-order valence-corrected chi connectivity index (χ1v) is 22.9. The summed E-state index contributed by atoms with van der Waals surface area (Å²) in [5.41, 5.74) is 4.06. The molecular formula is C45H74N4O5S. The number of hydrogen-bond acceptors (Lipinski definition) is 6. The van der Waals surface area contributed by atoms with Gasteiger partial charge in [0.25, 0.3) is 0 Å². The highest BCUT2D eigenvalue weighted by atomic mass is 32.2. The number of carbonyl (C=O) groups excluding carboxylic acids is 3. The Morgan fingerprint density at radius 3 is 2.55 bits per heavy atom. The van der Waals surface area contributed by atoms with E-state index in [1.54, 1.807) is 5.57 Å². The Morgan fingerprint density at radius 1 is 1.02 bits per heavy atom. The van der Waals surface area contributed by atoms with Crippen LogP contribution in [0.5, 0.6) is 0 Å². The average molecular weight is 783 g/mol. The molecule has 9 nitrogen and oxygen atoms in total. The van der Waals surface area contributed by atoms with Gasteiger partial charge in [0.15, 0.2) is 0 Å². The molecule has 0 bridgehead atoms. The molecule has 0 spiro atoms. The number of ether oxygens (including phenoxy) is 1.